The van der Waals surface area contributed by atoms with Crippen LogP contribution in [-0.2, 0) is 0 Å². The van der Waals surface area contributed by atoms with Gasteiger partial charge in [-0.1, -0.05) is 85.5 Å². The normalized spacial score (nSPS) is 15.3. The highest BCUT2D eigenvalue weighted by molar-refractivity contribution is 7.25. The van der Waals surface area contributed by atoms with E-state index < -0.39 is 0 Å². The average Bonchev–Trinajstić information content (AvgIpc) is 3.55. The van der Waals surface area contributed by atoms with Gasteiger partial charge in [-0.25, -0.2) is 0 Å². The van der Waals surface area contributed by atoms with Gasteiger partial charge in [0.2, 0.25) is 0 Å². The lowest BCUT2D eigenvalue weighted by Crippen LogP contribution is -2.18. The minimum absolute atomic E-state index is 0.778. The van der Waals surface area contributed by atoms with Crippen LogP contribution in [0.2, 0.25) is 0 Å². The van der Waals surface area contributed by atoms with Gasteiger partial charge >= 0.3 is 0 Å². The van der Waals surface area contributed by atoms with Crippen LogP contribution in [0, 0.1) is 0 Å². The average molecular weight is 531 g/mol. The Morgan fingerprint density at radius 2 is 1.32 bits per heavy atom. The van der Waals surface area contributed by atoms with Gasteiger partial charge in [0, 0.05) is 60.1 Å². The molecule has 0 saturated heterocycles. The molecular weight excluding hydrogens is 504 g/mol. The van der Waals surface area contributed by atoms with Gasteiger partial charge in [-0.15, -0.1) is 11.3 Å². The molecule has 0 amide bonds. The first kappa shape index (κ1) is 23.1. The maximum atomic E-state index is 4.34. The van der Waals surface area contributed by atoms with Crippen molar-refractivity contribution in [3.8, 4) is 5.69 Å². The van der Waals surface area contributed by atoms with Crippen LogP contribution in [0.1, 0.15) is 5.56 Å². The molecule has 2 nitrogen and oxygen atoms in total. The van der Waals surface area contributed by atoms with Crippen LogP contribution in [0.5, 0.6) is 0 Å². The van der Waals surface area contributed by atoms with Crippen molar-refractivity contribution in [3.05, 3.63) is 146 Å². The lowest BCUT2D eigenvalue weighted by molar-refractivity contribution is 1.09. The van der Waals surface area contributed by atoms with E-state index in [0.717, 1.165) is 17.7 Å². The third-order valence-corrected chi connectivity index (χ3v) is 9.11. The Balaban J connectivity index is 1.35. The molecule has 0 unspecified atom stereocenters. The third kappa shape index (κ3) is 3.55. The quantitative estimate of drug-likeness (QED) is 0.216. The van der Waals surface area contributed by atoms with E-state index in [-0.39, 0.29) is 0 Å². The number of thiophene rings is 1. The van der Waals surface area contributed by atoms with E-state index in [9.17, 15) is 0 Å². The number of anilines is 2. The number of hydrogen-bond donors (Lipinski definition) is 0. The molecule has 0 fully saturated rings. The van der Waals surface area contributed by atoms with Crippen molar-refractivity contribution < 1.29 is 0 Å². The van der Waals surface area contributed by atoms with Crippen LogP contribution in [-0.4, -0.2) is 11.1 Å². The molecule has 7 aromatic rings. The van der Waals surface area contributed by atoms with Crippen molar-refractivity contribution in [3.63, 3.8) is 0 Å². The van der Waals surface area contributed by atoms with Gasteiger partial charge in [0.15, 0.2) is 0 Å². The van der Waals surface area contributed by atoms with Gasteiger partial charge in [-0.05, 0) is 60.2 Å². The summed E-state index contributed by atoms with van der Waals surface area (Å²) < 4.78 is 5.07. The summed E-state index contributed by atoms with van der Waals surface area (Å²) >= 11 is 1.86. The third-order valence-electron chi connectivity index (χ3n) is 7.96. The molecule has 0 bridgehead atoms. The molecule has 0 saturated carbocycles. The van der Waals surface area contributed by atoms with Gasteiger partial charge in [0.25, 0.3) is 0 Å². The summed E-state index contributed by atoms with van der Waals surface area (Å²) in [5.41, 5.74) is 8.12. The molecule has 0 N–H and O–H groups in total. The van der Waals surface area contributed by atoms with Crippen LogP contribution in [0.15, 0.2) is 140 Å². The first-order valence-electron chi connectivity index (χ1n) is 13.6. The highest BCUT2D eigenvalue weighted by Crippen LogP contribution is 2.40. The van der Waals surface area contributed by atoms with E-state index in [1.807, 2.05) is 11.3 Å². The number of nitrogens with zero attached hydrogens (tertiary/aromatic N) is 2. The first-order chi connectivity index (χ1) is 19.8. The lowest BCUT2D eigenvalue weighted by Gasteiger charge is -2.26. The van der Waals surface area contributed by atoms with Crippen LogP contribution < -0.4 is 4.90 Å². The molecule has 40 heavy (non-hydrogen) atoms. The molecule has 1 aliphatic rings. The van der Waals surface area contributed by atoms with Gasteiger partial charge in [-0.3, -0.25) is 0 Å². The van der Waals surface area contributed by atoms with Gasteiger partial charge < -0.3 is 9.47 Å². The Kier molecular flexibility index (Phi) is 5.26. The Morgan fingerprint density at radius 1 is 0.600 bits per heavy atom. The SMILES string of the molecule is C=C1/C=C\C=C/CN(c2ccc3c(c2)c2ccccc2n3-c2ccc3sc4ccccc4c3c2)c2ccccc21. The molecule has 0 spiro atoms. The van der Waals surface area contributed by atoms with Crippen LogP contribution in [0.4, 0.5) is 11.4 Å². The maximum Gasteiger partial charge on any atom is 0.0542 e. The molecule has 0 radical (unpaired) electrons. The summed E-state index contributed by atoms with van der Waals surface area (Å²) in [7, 11) is 0. The maximum absolute atomic E-state index is 4.34. The fourth-order valence-electron chi connectivity index (χ4n) is 6.09. The molecule has 2 aromatic heterocycles. The number of fused-ring (bicyclic) bond motifs is 7. The summed E-state index contributed by atoms with van der Waals surface area (Å²) in [6, 6.07) is 39.8. The van der Waals surface area contributed by atoms with Gasteiger partial charge in [-0.2, -0.15) is 0 Å². The van der Waals surface area contributed by atoms with Crippen molar-refractivity contribution in [2.45, 2.75) is 0 Å². The van der Waals surface area contributed by atoms with Gasteiger partial charge in [0.05, 0.1) is 11.0 Å². The second-order valence-electron chi connectivity index (χ2n) is 10.3. The summed E-state index contributed by atoms with van der Waals surface area (Å²) in [4.78, 5) is 2.39. The molecule has 0 atom stereocenters. The molecule has 8 rings (SSSR count). The molecular formula is C37H26N2S. The predicted octanol–water partition coefficient (Wildman–Crippen LogP) is 10.4. The zero-order valence-electron chi connectivity index (χ0n) is 21.9. The smallest absolute Gasteiger partial charge is 0.0542 e. The van der Waals surface area contributed by atoms with E-state index in [0.29, 0.717) is 0 Å². The fraction of sp³-hybridized carbons (Fsp3) is 0.0270. The number of para-hydroxylation sites is 2. The largest absolute Gasteiger partial charge is 0.337 e. The summed E-state index contributed by atoms with van der Waals surface area (Å²) in [5, 5.41) is 5.15. The highest BCUT2D eigenvalue weighted by Gasteiger charge is 2.18. The van der Waals surface area contributed by atoms with E-state index in [1.54, 1.807) is 0 Å². The van der Waals surface area contributed by atoms with Crippen molar-refractivity contribution in [2.24, 2.45) is 0 Å². The Morgan fingerprint density at radius 3 is 2.27 bits per heavy atom. The summed E-state index contributed by atoms with van der Waals surface area (Å²) in [5.74, 6) is 0. The van der Waals surface area contributed by atoms with Crippen LogP contribution in [0.25, 0.3) is 53.2 Å². The van der Waals surface area contributed by atoms with Crippen LogP contribution >= 0.6 is 11.3 Å². The monoisotopic (exact) mass is 530 g/mol. The standard InChI is InChI=1S/C37H26N2S/c1-25-11-3-2-10-22-38(33-15-7-4-12-28(25)33)26-18-20-35-31(23-26)29-13-5-8-16-34(29)39(35)27-19-21-37-32(24-27)30-14-6-9-17-36(30)40-37/h2-21,23-24H,1,22H2/b10-2-,11-3-. The van der Waals surface area contributed by atoms with Crippen molar-refractivity contribution in [1.82, 2.24) is 4.57 Å². The predicted molar refractivity (Wildman–Crippen MR) is 174 cm³/mol. The number of hydrogen-bond acceptors (Lipinski definition) is 2. The zero-order chi connectivity index (χ0) is 26.6. The number of aromatic nitrogens is 1. The topological polar surface area (TPSA) is 8.17 Å². The molecule has 0 aliphatic carbocycles. The van der Waals surface area contributed by atoms with E-state index in [4.69, 9.17) is 0 Å². The number of rotatable bonds is 2. The Labute approximate surface area is 237 Å². The minimum Gasteiger partial charge on any atom is -0.337 e. The first-order valence-corrected chi connectivity index (χ1v) is 14.4. The zero-order valence-corrected chi connectivity index (χ0v) is 22.7. The number of allylic oxidation sites excluding steroid dienone is 4. The van der Waals surface area contributed by atoms with Crippen LogP contribution in [0.3, 0.4) is 0 Å². The molecule has 5 aromatic carbocycles. The Hall–Kier alpha value is -4.86. The minimum atomic E-state index is 0.778. The summed E-state index contributed by atoms with van der Waals surface area (Å²) in [6.45, 7) is 5.12. The van der Waals surface area contributed by atoms with Crippen molar-refractivity contribution in [2.75, 3.05) is 11.4 Å². The Bertz CT molecular complexity index is 2170. The van der Waals surface area contributed by atoms with E-state index >= 15 is 0 Å². The second kappa shape index (κ2) is 9.11. The van der Waals surface area contributed by atoms with E-state index in [2.05, 4.69) is 150 Å². The fourth-order valence-corrected chi connectivity index (χ4v) is 7.18. The molecule has 190 valence electrons. The van der Waals surface area contributed by atoms with Crippen molar-refractivity contribution >= 4 is 70.3 Å². The summed E-state index contributed by atoms with van der Waals surface area (Å²) in [6.07, 6.45) is 8.48. The highest BCUT2D eigenvalue weighted by atomic mass is 32.1. The molecule has 1 aliphatic heterocycles. The molecule has 3 heteroatoms. The van der Waals surface area contributed by atoms with E-state index in [1.165, 1.54) is 59.0 Å². The van der Waals surface area contributed by atoms with Gasteiger partial charge in [0.1, 0.15) is 0 Å². The number of benzene rings is 5. The van der Waals surface area contributed by atoms with Crippen molar-refractivity contribution in [1.29, 1.82) is 0 Å². The molecule has 3 heterocycles. The lowest BCUT2D eigenvalue weighted by atomic mass is 10.0. The second-order valence-corrected chi connectivity index (χ2v) is 11.4.